The molecule has 2 aliphatic rings. The average Bonchev–Trinajstić information content (AvgIpc) is 2.39. The average molecular weight is 162 g/mol. The van der Waals surface area contributed by atoms with Crippen LogP contribution in [-0.2, 0) is 9.59 Å². The lowest BCUT2D eigenvalue weighted by Crippen LogP contribution is -2.37. The Bertz CT molecular complexity index is 304. The summed E-state index contributed by atoms with van der Waals surface area (Å²) in [6.45, 7) is 3.63. The minimum Gasteiger partial charge on any atom is -0.294 e. The number of rotatable bonds is 0. The van der Waals surface area contributed by atoms with Gasteiger partial charge in [0.25, 0.3) is 0 Å². The van der Waals surface area contributed by atoms with Gasteiger partial charge in [0.05, 0.1) is 10.8 Å². The molecule has 12 heavy (non-hydrogen) atoms. The lowest BCUT2D eigenvalue weighted by molar-refractivity contribution is -0.130. The van der Waals surface area contributed by atoms with Gasteiger partial charge in [-0.15, -0.1) is 0 Å². The molecule has 0 aromatic carbocycles. The fourth-order valence-electron chi connectivity index (χ4n) is 1.85. The molecular formula is C10H10O2. The lowest BCUT2D eigenvalue weighted by Gasteiger charge is -2.29. The van der Waals surface area contributed by atoms with Crippen molar-refractivity contribution in [3.8, 4) is 0 Å². The van der Waals surface area contributed by atoms with Crippen molar-refractivity contribution >= 4 is 11.6 Å². The molecule has 0 radical (unpaired) electrons. The summed E-state index contributed by atoms with van der Waals surface area (Å²) in [6, 6.07) is 0. The molecule has 0 N–H and O–H groups in total. The third-order valence-electron chi connectivity index (χ3n) is 3.24. The van der Waals surface area contributed by atoms with E-state index in [1.165, 1.54) is 12.2 Å². The molecule has 0 saturated carbocycles. The Balaban J connectivity index is 2.63. The first-order valence-corrected chi connectivity index (χ1v) is 3.98. The third kappa shape index (κ3) is 0.533. The summed E-state index contributed by atoms with van der Waals surface area (Å²) in [7, 11) is 0. The molecule has 0 amide bonds. The number of fused-ring (bicyclic) bond motifs is 1. The van der Waals surface area contributed by atoms with E-state index in [-0.39, 0.29) is 11.6 Å². The van der Waals surface area contributed by atoms with Gasteiger partial charge in [-0.05, 0) is 26.0 Å². The van der Waals surface area contributed by atoms with E-state index < -0.39 is 10.8 Å². The predicted molar refractivity (Wildman–Crippen MR) is 44.5 cm³/mol. The molecule has 0 spiro atoms. The first-order valence-electron chi connectivity index (χ1n) is 3.98. The van der Waals surface area contributed by atoms with E-state index in [0.717, 1.165) is 0 Å². The zero-order valence-corrected chi connectivity index (χ0v) is 7.13. The van der Waals surface area contributed by atoms with Crippen molar-refractivity contribution in [2.75, 3.05) is 0 Å². The van der Waals surface area contributed by atoms with Crippen molar-refractivity contribution in [3.63, 3.8) is 0 Å². The first kappa shape index (κ1) is 7.47. The summed E-state index contributed by atoms with van der Waals surface area (Å²) in [5.74, 6) is 0.0687. The van der Waals surface area contributed by atoms with Gasteiger partial charge in [-0.3, -0.25) is 9.59 Å². The van der Waals surface area contributed by atoms with E-state index in [4.69, 9.17) is 0 Å². The van der Waals surface area contributed by atoms with Crippen LogP contribution < -0.4 is 0 Å². The Morgan fingerprint density at radius 1 is 0.917 bits per heavy atom. The van der Waals surface area contributed by atoms with Crippen LogP contribution >= 0.6 is 0 Å². The fourth-order valence-corrected chi connectivity index (χ4v) is 1.85. The van der Waals surface area contributed by atoms with E-state index in [0.29, 0.717) is 0 Å². The molecule has 0 bridgehead atoms. The first-order chi connectivity index (χ1) is 5.51. The van der Waals surface area contributed by atoms with Crippen LogP contribution in [0.5, 0.6) is 0 Å². The summed E-state index contributed by atoms with van der Waals surface area (Å²) in [5, 5.41) is 0. The van der Waals surface area contributed by atoms with Crippen LogP contribution in [0.3, 0.4) is 0 Å². The summed E-state index contributed by atoms with van der Waals surface area (Å²) in [6.07, 6.45) is 6.47. The normalized spacial score (nSPS) is 44.2. The zero-order valence-electron chi connectivity index (χ0n) is 7.13. The highest BCUT2D eigenvalue weighted by Gasteiger charge is 2.56. The van der Waals surface area contributed by atoms with Gasteiger partial charge in [-0.25, -0.2) is 0 Å². The second-order valence-electron chi connectivity index (χ2n) is 3.80. The standard InChI is InChI=1S/C10H10O2/c1-9-5-3-8(12)10(9,2)6-4-7(9)11/h3-6H,1-2H3/t9-,10-/m1/s1. The van der Waals surface area contributed by atoms with E-state index in [1.807, 2.05) is 13.8 Å². The van der Waals surface area contributed by atoms with Crippen LogP contribution in [0.25, 0.3) is 0 Å². The van der Waals surface area contributed by atoms with Gasteiger partial charge in [-0.1, -0.05) is 12.2 Å². The quantitative estimate of drug-likeness (QED) is 0.537. The number of carbonyl (C=O) groups is 2. The molecule has 0 aromatic heterocycles. The molecule has 0 saturated heterocycles. The Morgan fingerprint density at radius 2 is 1.25 bits per heavy atom. The molecule has 2 atom stereocenters. The molecule has 2 nitrogen and oxygen atoms in total. The predicted octanol–water partition coefficient (Wildman–Crippen LogP) is 1.28. The van der Waals surface area contributed by atoms with Crippen LogP contribution in [0.15, 0.2) is 24.3 Å². The fraction of sp³-hybridized carbons (Fsp3) is 0.400. The van der Waals surface area contributed by atoms with Crippen LogP contribution in [0.2, 0.25) is 0 Å². The maximum atomic E-state index is 11.4. The minimum atomic E-state index is -0.607. The van der Waals surface area contributed by atoms with Crippen molar-refractivity contribution in [2.45, 2.75) is 13.8 Å². The van der Waals surface area contributed by atoms with E-state index in [1.54, 1.807) is 12.2 Å². The Labute approximate surface area is 71.0 Å². The second-order valence-corrected chi connectivity index (χ2v) is 3.80. The summed E-state index contributed by atoms with van der Waals surface area (Å²) in [5.41, 5.74) is -1.21. The number of hydrogen-bond acceptors (Lipinski definition) is 2. The molecule has 0 aromatic rings. The van der Waals surface area contributed by atoms with Crippen molar-refractivity contribution in [1.29, 1.82) is 0 Å². The van der Waals surface area contributed by atoms with Gasteiger partial charge < -0.3 is 0 Å². The number of allylic oxidation sites excluding steroid dienone is 4. The SMILES string of the molecule is C[C@]12C=CC(=O)[C@@]1(C)C=CC2=O. The van der Waals surface area contributed by atoms with Crippen molar-refractivity contribution < 1.29 is 9.59 Å². The molecule has 0 aliphatic heterocycles. The molecule has 2 rings (SSSR count). The topological polar surface area (TPSA) is 34.1 Å². The minimum absolute atomic E-state index is 0.0344. The smallest absolute Gasteiger partial charge is 0.166 e. The van der Waals surface area contributed by atoms with Gasteiger partial charge >= 0.3 is 0 Å². The van der Waals surface area contributed by atoms with Gasteiger partial charge in [0.2, 0.25) is 0 Å². The summed E-state index contributed by atoms with van der Waals surface area (Å²) < 4.78 is 0. The molecule has 0 fully saturated rings. The molecule has 0 heterocycles. The Kier molecular flexibility index (Phi) is 1.10. The van der Waals surface area contributed by atoms with Crippen LogP contribution in [0.1, 0.15) is 13.8 Å². The highest BCUT2D eigenvalue weighted by atomic mass is 16.1. The van der Waals surface area contributed by atoms with Gasteiger partial charge in [-0.2, -0.15) is 0 Å². The molecule has 2 aliphatic carbocycles. The molecule has 62 valence electrons. The van der Waals surface area contributed by atoms with E-state index in [2.05, 4.69) is 0 Å². The van der Waals surface area contributed by atoms with Gasteiger partial charge in [0.1, 0.15) is 0 Å². The Morgan fingerprint density at radius 3 is 1.58 bits per heavy atom. The van der Waals surface area contributed by atoms with Crippen molar-refractivity contribution in [2.24, 2.45) is 10.8 Å². The van der Waals surface area contributed by atoms with Crippen LogP contribution in [0.4, 0.5) is 0 Å². The van der Waals surface area contributed by atoms with Gasteiger partial charge in [0, 0.05) is 0 Å². The van der Waals surface area contributed by atoms with Crippen LogP contribution in [-0.4, -0.2) is 11.6 Å². The summed E-state index contributed by atoms with van der Waals surface area (Å²) >= 11 is 0. The van der Waals surface area contributed by atoms with E-state index >= 15 is 0 Å². The van der Waals surface area contributed by atoms with Crippen LogP contribution in [0, 0.1) is 10.8 Å². The Hall–Kier alpha value is -1.18. The third-order valence-corrected chi connectivity index (χ3v) is 3.24. The number of carbonyl (C=O) groups excluding carboxylic acids is 2. The highest BCUT2D eigenvalue weighted by molar-refractivity contribution is 6.13. The number of ketones is 2. The molecule has 0 unspecified atom stereocenters. The second kappa shape index (κ2) is 1.76. The molecule has 2 heteroatoms. The monoisotopic (exact) mass is 162 g/mol. The van der Waals surface area contributed by atoms with E-state index in [9.17, 15) is 9.59 Å². The maximum Gasteiger partial charge on any atom is 0.166 e. The van der Waals surface area contributed by atoms with Gasteiger partial charge in [0.15, 0.2) is 11.6 Å². The van der Waals surface area contributed by atoms with Crippen molar-refractivity contribution in [1.82, 2.24) is 0 Å². The number of hydrogen-bond donors (Lipinski definition) is 0. The maximum absolute atomic E-state index is 11.4. The zero-order chi connectivity index (χ0) is 8.98. The lowest BCUT2D eigenvalue weighted by atomic mass is 9.69. The summed E-state index contributed by atoms with van der Waals surface area (Å²) in [4.78, 5) is 22.9. The highest BCUT2D eigenvalue weighted by Crippen LogP contribution is 2.51. The molecular weight excluding hydrogens is 152 g/mol. The largest absolute Gasteiger partial charge is 0.294 e. The van der Waals surface area contributed by atoms with Crippen molar-refractivity contribution in [3.05, 3.63) is 24.3 Å².